The molecule has 2 heterocycles. The van der Waals surface area contributed by atoms with E-state index in [1.165, 1.54) is 16.9 Å². The van der Waals surface area contributed by atoms with Gasteiger partial charge in [-0.1, -0.05) is 41.7 Å². The van der Waals surface area contributed by atoms with Crippen LogP contribution in [-0.4, -0.2) is 16.1 Å². The molecule has 4 nitrogen and oxygen atoms in total. The molecule has 3 aromatic rings. The van der Waals surface area contributed by atoms with Gasteiger partial charge >= 0.3 is 0 Å². The zero-order chi connectivity index (χ0) is 14.5. The van der Waals surface area contributed by atoms with E-state index in [-0.39, 0.29) is 5.91 Å². The summed E-state index contributed by atoms with van der Waals surface area (Å²) < 4.78 is 0. The maximum atomic E-state index is 11.9. The van der Waals surface area contributed by atoms with Crippen molar-refractivity contribution >= 4 is 33.7 Å². The third-order valence-corrected chi connectivity index (χ3v) is 4.43. The van der Waals surface area contributed by atoms with Crippen LogP contribution in [0.4, 0.5) is 5.13 Å². The van der Waals surface area contributed by atoms with Crippen molar-refractivity contribution in [1.82, 2.24) is 10.2 Å². The fourth-order valence-corrected chi connectivity index (χ4v) is 3.35. The molecule has 0 spiro atoms. The van der Waals surface area contributed by atoms with Crippen LogP contribution in [-0.2, 0) is 17.6 Å². The second-order valence-corrected chi connectivity index (χ2v) is 6.36. The molecule has 0 fully saturated rings. The monoisotopic (exact) mass is 315 g/mol. The van der Waals surface area contributed by atoms with Gasteiger partial charge < -0.3 is 5.32 Å². The van der Waals surface area contributed by atoms with Gasteiger partial charge in [-0.25, -0.2) is 0 Å². The minimum atomic E-state index is -0.0594. The van der Waals surface area contributed by atoms with Gasteiger partial charge in [0.25, 0.3) is 0 Å². The third-order valence-electron chi connectivity index (χ3n) is 2.86. The Kier molecular flexibility index (Phi) is 4.37. The Morgan fingerprint density at radius 3 is 2.71 bits per heavy atom. The quantitative estimate of drug-likeness (QED) is 0.785. The molecular formula is C15H13N3OS2. The number of thiophene rings is 1. The van der Waals surface area contributed by atoms with E-state index in [2.05, 4.69) is 27.6 Å². The molecule has 0 radical (unpaired) electrons. The lowest BCUT2D eigenvalue weighted by molar-refractivity contribution is -0.115. The number of nitrogens with zero attached hydrogens (tertiary/aromatic N) is 2. The zero-order valence-electron chi connectivity index (χ0n) is 11.2. The zero-order valence-corrected chi connectivity index (χ0v) is 12.8. The largest absolute Gasteiger partial charge is 0.300 e. The van der Waals surface area contributed by atoms with E-state index >= 15 is 0 Å². The van der Waals surface area contributed by atoms with Crippen molar-refractivity contribution in [2.45, 2.75) is 12.8 Å². The van der Waals surface area contributed by atoms with E-state index in [0.717, 1.165) is 17.0 Å². The molecule has 1 N–H and O–H groups in total. The first kappa shape index (κ1) is 13.9. The van der Waals surface area contributed by atoms with Gasteiger partial charge in [0.05, 0.1) is 6.42 Å². The van der Waals surface area contributed by atoms with E-state index in [1.54, 1.807) is 11.3 Å². The summed E-state index contributed by atoms with van der Waals surface area (Å²) in [6.45, 7) is 0. The number of amides is 1. The highest BCUT2D eigenvalue weighted by molar-refractivity contribution is 7.15. The summed E-state index contributed by atoms with van der Waals surface area (Å²) in [6, 6.07) is 12.0. The van der Waals surface area contributed by atoms with E-state index < -0.39 is 0 Å². The fourth-order valence-electron chi connectivity index (χ4n) is 1.89. The Morgan fingerprint density at radius 2 is 1.95 bits per heavy atom. The highest BCUT2D eigenvalue weighted by atomic mass is 32.1. The number of hydrogen-bond donors (Lipinski definition) is 1. The molecule has 1 amide bonds. The summed E-state index contributed by atoms with van der Waals surface area (Å²) in [5, 5.41) is 16.3. The van der Waals surface area contributed by atoms with Gasteiger partial charge in [-0.15, -0.1) is 10.2 Å². The number of hydrogen-bond acceptors (Lipinski definition) is 5. The van der Waals surface area contributed by atoms with Crippen molar-refractivity contribution in [3.63, 3.8) is 0 Å². The van der Waals surface area contributed by atoms with Crippen LogP contribution in [0.25, 0.3) is 0 Å². The molecule has 0 unspecified atom stereocenters. The summed E-state index contributed by atoms with van der Waals surface area (Å²) >= 11 is 3.00. The topological polar surface area (TPSA) is 54.9 Å². The van der Waals surface area contributed by atoms with Gasteiger partial charge in [-0.2, -0.15) is 11.3 Å². The van der Waals surface area contributed by atoms with Gasteiger partial charge in [0.1, 0.15) is 5.01 Å². The molecule has 0 atom stereocenters. The Morgan fingerprint density at radius 1 is 1.10 bits per heavy atom. The minimum Gasteiger partial charge on any atom is -0.300 e. The molecular weight excluding hydrogens is 302 g/mol. The van der Waals surface area contributed by atoms with E-state index in [4.69, 9.17) is 0 Å². The van der Waals surface area contributed by atoms with Crippen LogP contribution in [0.3, 0.4) is 0 Å². The van der Waals surface area contributed by atoms with Crippen molar-refractivity contribution in [1.29, 1.82) is 0 Å². The first-order chi connectivity index (χ1) is 10.3. The second kappa shape index (κ2) is 6.60. The van der Waals surface area contributed by atoms with Gasteiger partial charge in [0.15, 0.2) is 0 Å². The standard InChI is InChI=1S/C15H13N3OS2/c19-13(8-12-6-7-20-10-12)16-15-18-17-14(21-15)9-11-4-2-1-3-5-11/h1-7,10H,8-9H2,(H,16,18,19). The van der Waals surface area contributed by atoms with Crippen LogP contribution in [0.1, 0.15) is 16.1 Å². The number of benzene rings is 1. The number of rotatable bonds is 5. The van der Waals surface area contributed by atoms with Crippen LogP contribution in [0.15, 0.2) is 47.2 Å². The summed E-state index contributed by atoms with van der Waals surface area (Å²) in [6.07, 6.45) is 1.11. The SMILES string of the molecule is O=C(Cc1ccsc1)Nc1nnc(Cc2ccccc2)s1. The average molecular weight is 315 g/mol. The molecule has 0 saturated carbocycles. The van der Waals surface area contributed by atoms with Crippen LogP contribution >= 0.6 is 22.7 Å². The van der Waals surface area contributed by atoms with Crippen LogP contribution in [0.5, 0.6) is 0 Å². The molecule has 0 saturated heterocycles. The predicted molar refractivity (Wildman–Crippen MR) is 85.8 cm³/mol. The van der Waals surface area contributed by atoms with Crippen molar-refractivity contribution < 1.29 is 4.79 Å². The van der Waals surface area contributed by atoms with Crippen LogP contribution < -0.4 is 5.32 Å². The molecule has 3 rings (SSSR count). The number of carbonyl (C=O) groups is 1. The van der Waals surface area contributed by atoms with Gasteiger partial charge in [-0.05, 0) is 28.0 Å². The summed E-state index contributed by atoms with van der Waals surface area (Å²) in [5.74, 6) is -0.0594. The predicted octanol–water partition coefficient (Wildman–Crippen LogP) is 3.37. The molecule has 0 bridgehead atoms. The van der Waals surface area contributed by atoms with Crippen LogP contribution in [0, 0.1) is 0 Å². The van der Waals surface area contributed by atoms with E-state index in [9.17, 15) is 4.79 Å². The number of carbonyl (C=O) groups excluding carboxylic acids is 1. The smallest absolute Gasteiger partial charge is 0.230 e. The van der Waals surface area contributed by atoms with Gasteiger partial charge in [0.2, 0.25) is 11.0 Å². The lowest BCUT2D eigenvalue weighted by Gasteiger charge is -1.98. The molecule has 6 heteroatoms. The lowest BCUT2D eigenvalue weighted by atomic mass is 10.2. The first-order valence-corrected chi connectivity index (χ1v) is 8.23. The normalized spacial score (nSPS) is 10.5. The van der Waals surface area contributed by atoms with Crippen molar-refractivity contribution in [2.75, 3.05) is 5.32 Å². The minimum absolute atomic E-state index is 0.0594. The molecule has 21 heavy (non-hydrogen) atoms. The van der Waals surface area contributed by atoms with Gasteiger partial charge in [0, 0.05) is 6.42 Å². The van der Waals surface area contributed by atoms with Crippen LogP contribution in [0.2, 0.25) is 0 Å². The second-order valence-electron chi connectivity index (χ2n) is 4.52. The summed E-state index contributed by atoms with van der Waals surface area (Å²) in [5.41, 5.74) is 2.20. The third kappa shape index (κ3) is 3.96. The summed E-state index contributed by atoms with van der Waals surface area (Å²) in [4.78, 5) is 11.9. The number of aromatic nitrogens is 2. The van der Waals surface area contributed by atoms with E-state index in [0.29, 0.717) is 11.6 Å². The van der Waals surface area contributed by atoms with Crippen molar-refractivity contribution in [3.05, 3.63) is 63.3 Å². The molecule has 0 aliphatic carbocycles. The fraction of sp³-hybridized carbons (Fsp3) is 0.133. The molecule has 0 aliphatic heterocycles. The van der Waals surface area contributed by atoms with Gasteiger partial charge in [-0.3, -0.25) is 4.79 Å². The highest BCUT2D eigenvalue weighted by Crippen LogP contribution is 2.19. The number of anilines is 1. The molecule has 106 valence electrons. The average Bonchev–Trinajstić information content (AvgIpc) is 3.12. The Hall–Kier alpha value is -2.05. The maximum absolute atomic E-state index is 11.9. The Labute approximate surface area is 130 Å². The number of nitrogens with one attached hydrogen (secondary N) is 1. The Bertz CT molecular complexity index is 708. The van der Waals surface area contributed by atoms with Crippen molar-refractivity contribution in [3.8, 4) is 0 Å². The first-order valence-electron chi connectivity index (χ1n) is 6.47. The Balaban J connectivity index is 1.59. The van der Waals surface area contributed by atoms with Crippen molar-refractivity contribution in [2.24, 2.45) is 0 Å². The lowest BCUT2D eigenvalue weighted by Crippen LogP contribution is -2.13. The molecule has 1 aromatic carbocycles. The molecule has 2 aromatic heterocycles. The maximum Gasteiger partial charge on any atom is 0.230 e. The van der Waals surface area contributed by atoms with E-state index in [1.807, 2.05) is 35.0 Å². The summed E-state index contributed by atoms with van der Waals surface area (Å²) in [7, 11) is 0. The highest BCUT2D eigenvalue weighted by Gasteiger charge is 2.09. The molecule has 0 aliphatic rings.